The van der Waals surface area contributed by atoms with E-state index in [1.165, 1.54) is 6.07 Å². The monoisotopic (exact) mass is 493 g/mol. The third-order valence-corrected chi connectivity index (χ3v) is 5.49. The Morgan fingerprint density at radius 1 is 1.09 bits per heavy atom. The number of ether oxygens (including phenoxy) is 1. The third-order valence-electron chi connectivity index (χ3n) is 5.26. The number of nitrogens with one attached hydrogen (secondary N) is 3. The first kappa shape index (κ1) is 25.4. The van der Waals surface area contributed by atoms with Gasteiger partial charge in [0.05, 0.1) is 12.2 Å². The number of hydrogen-bond acceptors (Lipinski definition) is 4. The van der Waals surface area contributed by atoms with Gasteiger partial charge >= 0.3 is 0 Å². The number of carbonyl (C=O) groups is 3. The lowest BCUT2D eigenvalue weighted by molar-refractivity contribution is -0.124. The molecule has 10 heteroatoms. The molecule has 0 aromatic heterocycles. The fourth-order valence-electron chi connectivity index (χ4n) is 3.51. The Labute approximate surface area is 201 Å². The van der Waals surface area contributed by atoms with Crippen molar-refractivity contribution in [1.82, 2.24) is 16.0 Å². The molecule has 0 unspecified atom stereocenters. The second-order valence-corrected chi connectivity index (χ2v) is 8.40. The molecule has 3 rings (SSSR count). The summed E-state index contributed by atoms with van der Waals surface area (Å²) < 4.78 is 32.6. The molecule has 1 aliphatic heterocycles. The molecule has 0 saturated carbocycles. The van der Waals surface area contributed by atoms with Crippen LogP contribution in [0.4, 0.5) is 8.78 Å². The van der Waals surface area contributed by atoms with Crippen LogP contribution in [-0.2, 0) is 16.1 Å². The van der Waals surface area contributed by atoms with E-state index in [4.69, 9.17) is 16.3 Å². The van der Waals surface area contributed by atoms with Gasteiger partial charge in [-0.05, 0) is 61.6 Å². The summed E-state index contributed by atoms with van der Waals surface area (Å²) in [5, 5.41) is 8.31. The molecule has 3 amide bonds. The summed E-state index contributed by atoms with van der Waals surface area (Å²) in [5.41, 5.74) is 0.384. The highest BCUT2D eigenvalue weighted by Crippen LogP contribution is 2.24. The molecule has 2 aromatic carbocycles. The van der Waals surface area contributed by atoms with Crippen LogP contribution in [0.2, 0.25) is 5.02 Å². The summed E-state index contributed by atoms with van der Waals surface area (Å²) in [6.45, 7) is 0.723. The Hall–Kier alpha value is -3.20. The molecule has 182 valence electrons. The van der Waals surface area contributed by atoms with Gasteiger partial charge in [-0.25, -0.2) is 8.78 Å². The van der Waals surface area contributed by atoms with Gasteiger partial charge in [-0.3, -0.25) is 14.4 Å². The van der Waals surface area contributed by atoms with Crippen molar-refractivity contribution in [3.05, 3.63) is 64.2 Å². The van der Waals surface area contributed by atoms with E-state index >= 15 is 0 Å². The maximum Gasteiger partial charge on any atom is 0.255 e. The number of amides is 3. The van der Waals surface area contributed by atoms with E-state index in [1.807, 2.05) is 0 Å². The second-order valence-electron chi connectivity index (χ2n) is 7.96. The largest absolute Gasteiger partial charge is 0.493 e. The van der Waals surface area contributed by atoms with E-state index in [0.29, 0.717) is 23.9 Å². The van der Waals surface area contributed by atoms with Crippen molar-refractivity contribution in [2.75, 3.05) is 13.2 Å². The van der Waals surface area contributed by atoms with Gasteiger partial charge in [0, 0.05) is 30.6 Å². The smallest absolute Gasteiger partial charge is 0.255 e. The Morgan fingerprint density at radius 3 is 2.62 bits per heavy atom. The molecule has 0 saturated heterocycles. The number of carbonyl (C=O) groups excluding carboxylic acids is 3. The molecule has 0 radical (unpaired) electrons. The van der Waals surface area contributed by atoms with Crippen LogP contribution in [0, 0.1) is 11.6 Å². The van der Waals surface area contributed by atoms with Crippen LogP contribution < -0.4 is 20.7 Å². The zero-order chi connectivity index (χ0) is 24.5. The van der Waals surface area contributed by atoms with Crippen LogP contribution in [-0.4, -0.2) is 36.9 Å². The molecule has 7 nitrogen and oxygen atoms in total. The van der Waals surface area contributed by atoms with Gasteiger partial charge in [-0.15, -0.1) is 0 Å². The quantitative estimate of drug-likeness (QED) is 0.610. The standard InChI is InChI=1S/C24H26ClF2N3O4/c25-16-4-6-21-19(12-16)23(32)30-20(5-7-22(31)28-8-2-1-3-9-34-21)24(33)29-14-15-10-17(26)13-18(27)11-15/h4,6,10-13,20H,1-3,5,7-9,14H2,(H,28,31)(H,29,33)(H,30,32)/t20-/m0/s1. The molecule has 2 aromatic rings. The predicted octanol–water partition coefficient (Wildman–Crippen LogP) is 3.49. The van der Waals surface area contributed by atoms with E-state index in [0.717, 1.165) is 37.5 Å². The zero-order valence-corrected chi connectivity index (χ0v) is 19.2. The Morgan fingerprint density at radius 2 is 1.85 bits per heavy atom. The van der Waals surface area contributed by atoms with Gasteiger partial charge in [-0.1, -0.05) is 11.6 Å². The van der Waals surface area contributed by atoms with Crippen molar-refractivity contribution in [2.24, 2.45) is 0 Å². The number of benzene rings is 2. The van der Waals surface area contributed by atoms with Crippen LogP contribution in [0.15, 0.2) is 36.4 Å². The highest BCUT2D eigenvalue weighted by Gasteiger charge is 2.24. The van der Waals surface area contributed by atoms with Crippen molar-refractivity contribution in [3.63, 3.8) is 0 Å². The average molecular weight is 494 g/mol. The SMILES string of the molecule is O=C1CC[C@@H](C(=O)NCc2cc(F)cc(F)c2)NC(=O)c2cc(Cl)ccc2OCCCCCN1. The maximum absolute atomic E-state index is 13.4. The second kappa shape index (κ2) is 12.3. The number of halogens is 3. The summed E-state index contributed by atoms with van der Waals surface area (Å²) in [4.78, 5) is 38.1. The first-order valence-corrected chi connectivity index (χ1v) is 11.4. The van der Waals surface area contributed by atoms with Gasteiger partial charge in [0.25, 0.3) is 5.91 Å². The lowest BCUT2D eigenvalue weighted by atomic mass is 10.1. The lowest BCUT2D eigenvalue weighted by Gasteiger charge is -2.19. The topological polar surface area (TPSA) is 96.5 Å². The molecule has 0 spiro atoms. The molecular weight excluding hydrogens is 468 g/mol. The molecule has 1 atom stereocenters. The van der Waals surface area contributed by atoms with Gasteiger partial charge in [0.1, 0.15) is 23.4 Å². The minimum absolute atomic E-state index is 0.00582. The van der Waals surface area contributed by atoms with Gasteiger partial charge < -0.3 is 20.7 Å². The Bertz CT molecular complexity index is 1030. The predicted molar refractivity (Wildman–Crippen MR) is 123 cm³/mol. The van der Waals surface area contributed by atoms with E-state index < -0.39 is 29.5 Å². The summed E-state index contributed by atoms with van der Waals surface area (Å²) in [5.74, 6) is -2.63. The Kier molecular flexibility index (Phi) is 9.21. The van der Waals surface area contributed by atoms with Crippen molar-refractivity contribution >= 4 is 29.3 Å². The van der Waals surface area contributed by atoms with Crippen molar-refractivity contribution in [2.45, 2.75) is 44.7 Å². The van der Waals surface area contributed by atoms with Crippen molar-refractivity contribution < 1.29 is 27.9 Å². The number of rotatable bonds is 3. The van der Waals surface area contributed by atoms with Crippen LogP contribution in [0.3, 0.4) is 0 Å². The summed E-state index contributed by atoms with van der Waals surface area (Å²) in [7, 11) is 0. The van der Waals surface area contributed by atoms with Crippen LogP contribution >= 0.6 is 11.6 Å². The highest BCUT2D eigenvalue weighted by atomic mass is 35.5. The van der Waals surface area contributed by atoms with Crippen molar-refractivity contribution in [1.29, 1.82) is 0 Å². The molecular formula is C24H26ClF2N3O4. The molecule has 1 aliphatic rings. The Balaban J connectivity index is 1.78. The number of hydrogen-bond donors (Lipinski definition) is 3. The molecule has 0 bridgehead atoms. The molecule has 1 heterocycles. The van der Waals surface area contributed by atoms with E-state index in [1.54, 1.807) is 12.1 Å². The fourth-order valence-corrected chi connectivity index (χ4v) is 3.69. The maximum atomic E-state index is 13.4. The molecule has 34 heavy (non-hydrogen) atoms. The highest BCUT2D eigenvalue weighted by molar-refractivity contribution is 6.31. The fraction of sp³-hybridized carbons (Fsp3) is 0.375. The first-order valence-electron chi connectivity index (χ1n) is 11.0. The molecule has 3 N–H and O–H groups in total. The van der Waals surface area contributed by atoms with Crippen LogP contribution in [0.5, 0.6) is 5.75 Å². The normalized spacial score (nSPS) is 17.8. The van der Waals surface area contributed by atoms with Gasteiger partial charge in [-0.2, -0.15) is 0 Å². The lowest BCUT2D eigenvalue weighted by Crippen LogP contribution is -2.47. The van der Waals surface area contributed by atoms with Crippen LogP contribution in [0.1, 0.15) is 48.0 Å². The minimum Gasteiger partial charge on any atom is -0.493 e. The summed E-state index contributed by atoms with van der Waals surface area (Å²) >= 11 is 6.07. The third kappa shape index (κ3) is 7.69. The first-order chi connectivity index (χ1) is 16.3. The summed E-state index contributed by atoms with van der Waals surface area (Å²) in [6, 6.07) is 6.49. The van der Waals surface area contributed by atoms with Gasteiger partial charge in [0.2, 0.25) is 11.8 Å². The van der Waals surface area contributed by atoms with E-state index in [9.17, 15) is 23.2 Å². The van der Waals surface area contributed by atoms with E-state index in [-0.39, 0.29) is 36.4 Å². The van der Waals surface area contributed by atoms with Gasteiger partial charge in [0.15, 0.2) is 0 Å². The molecule has 0 fully saturated rings. The van der Waals surface area contributed by atoms with E-state index in [2.05, 4.69) is 16.0 Å². The number of fused-ring (bicyclic) bond motifs is 1. The zero-order valence-electron chi connectivity index (χ0n) is 18.5. The summed E-state index contributed by atoms with van der Waals surface area (Å²) in [6.07, 6.45) is 2.38. The average Bonchev–Trinajstić information content (AvgIpc) is 2.79. The van der Waals surface area contributed by atoms with Crippen LogP contribution in [0.25, 0.3) is 0 Å². The molecule has 0 aliphatic carbocycles. The minimum atomic E-state index is -1.08. The van der Waals surface area contributed by atoms with Crippen molar-refractivity contribution in [3.8, 4) is 5.75 Å².